The van der Waals surface area contributed by atoms with Crippen LogP contribution in [-0.2, 0) is 10.2 Å². The van der Waals surface area contributed by atoms with Gasteiger partial charge in [-0.3, -0.25) is 4.72 Å². The second kappa shape index (κ2) is 6.31. The Hall–Kier alpha value is -0.490. The molecule has 106 valence electrons. The zero-order valence-electron chi connectivity index (χ0n) is 10.4. The third-order valence-electron chi connectivity index (χ3n) is 3.01. The Labute approximate surface area is 123 Å². The summed E-state index contributed by atoms with van der Waals surface area (Å²) in [4.78, 5) is 0. The van der Waals surface area contributed by atoms with Crippen molar-refractivity contribution in [1.29, 1.82) is 0 Å². The van der Waals surface area contributed by atoms with E-state index in [-0.39, 0.29) is 0 Å². The average molecular weight is 323 g/mol. The number of anilines is 1. The molecule has 1 aromatic rings. The van der Waals surface area contributed by atoms with Crippen LogP contribution >= 0.6 is 23.2 Å². The molecule has 0 saturated carbocycles. The van der Waals surface area contributed by atoms with E-state index in [1.165, 1.54) is 4.31 Å². The molecule has 0 bridgehead atoms. The molecular weight excluding hydrogens is 307 g/mol. The van der Waals surface area contributed by atoms with Crippen LogP contribution in [0.25, 0.3) is 0 Å². The molecule has 0 aromatic heterocycles. The minimum absolute atomic E-state index is 0.391. The van der Waals surface area contributed by atoms with Gasteiger partial charge in [0.25, 0.3) is 0 Å². The fourth-order valence-electron chi connectivity index (χ4n) is 2.11. The lowest BCUT2D eigenvalue weighted by atomic mass is 10.2. The highest BCUT2D eigenvalue weighted by molar-refractivity contribution is 7.90. The first kappa shape index (κ1) is 14.9. The molecule has 0 amide bonds. The Morgan fingerprint density at radius 3 is 2.00 bits per heavy atom. The molecule has 0 radical (unpaired) electrons. The fraction of sp³-hybridized carbons (Fsp3) is 0.500. The first-order valence-electron chi connectivity index (χ1n) is 6.21. The van der Waals surface area contributed by atoms with Gasteiger partial charge in [-0.25, -0.2) is 0 Å². The summed E-state index contributed by atoms with van der Waals surface area (Å²) in [7, 11) is -3.53. The van der Waals surface area contributed by atoms with Gasteiger partial charge in [0.1, 0.15) is 0 Å². The maximum atomic E-state index is 12.3. The van der Waals surface area contributed by atoms with Crippen LogP contribution in [0.1, 0.15) is 25.7 Å². The average Bonchev–Trinajstić information content (AvgIpc) is 2.55. The van der Waals surface area contributed by atoms with E-state index in [9.17, 15) is 8.42 Å². The van der Waals surface area contributed by atoms with E-state index in [4.69, 9.17) is 23.2 Å². The van der Waals surface area contributed by atoms with E-state index in [1.807, 2.05) is 0 Å². The Balaban J connectivity index is 2.15. The first-order chi connectivity index (χ1) is 8.97. The van der Waals surface area contributed by atoms with Crippen molar-refractivity contribution in [2.75, 3.05) is 17.8 Å². The molecule has 0 spiro atoms. The van der Waals surface area contributed by atoms with Crippen LogP contribution in [-0.4, -0.2) is 25.8 Å². The second-order valence-electron chi connectivity index (χ2n) is 4.58. The lowest BCUT2D eigenvalue weighted by molar-refractivity contribution is 0.427. The van der Waals surface area contributed by atoms with E-state index in [2.05, 4.69) is 4.72 Å². The minimum Gasteiger partial charge on any atom is -0.271 e. The van der Waals surface area contributed by atoms with E-state index >= 15 is 0 Å². The SMILES string of the molecule is O=S(=O)(Nc1cc(Cl)cc(Cl)c1)N1CCCCCC1. The molecule has 4 nitrogen and oxygen atoms in total. The van der Waals surface area contributed by atoms with Crippen molar-refractivity contribution in [3.63, 3.8) is 0 Å². The van der Waals surface area contributed by atoms with Gasteiger partial charge >= 0.3 is 10.2 Å². The Kier molecular flexibility index (Phi) is 4.95. The van der Waals surface area contributed by atoms with Crippen molar-refractivity contribution >= 4 is 39.1 Å². The number of nitrogens with one attached hydrogen (secondary N) is 1. The van der Waals surface area contributed by atoms with Crippen molar-refractivity contribution in [1.82, 2.24) is 4.31 Å². The maximum absolute atomic E-state index is 12.3. The Bertz CT molecular complexity index is 520. The molecule has 1 heterocycles. The van der Waals surface area contributed by atoms with Crippen LogP contribution in [0.3, 0.4) is 0 Å². The van der Waals surface area contributed by atoms with Crippen molar-refractivity contribution in [2.24, 2.45) is 0 Å². The summed E-state index contributed by atoms with van der Waals surface area (Å²) in [6.07, 6.45) is 3.96. The van der Waals surface area contributed by atoms with Crippen LogP contribution in [0.2, 0.25) is 10.0 Å². The third-order valence-corrected chi connectivity index (χ3v) is 4.99. The van der Waals surface area contributed by atoms with E-state index in [1.54, 1.807) is 18.2 Å². The minimum atomic E-state index is -3.53. The monoisotopic (exact) mass is 322 g/mol. The molecular formula is C12H16Cl2N2O2S. The zero-order valence-corrected chi connectivity index (χ0v) is 12.7. The second-order valence-corrected chi connectivity index (χ2v) is 7.12. The highest BCUT2D eigenvalue weighted by Crippen LogP contribution is 2.24. The molecule has 0 unspecified atom stereocenters. The zero-order chi connectivity index (χ0) is 13.9. The number of nitrogens with zero attached hydrogens (tertiary/aromatic N) is 1. The summed E-state index contributed by atoms with van der Waals surface area (Å²) < 4.78 is 28.5. The van der Waals surface area contributed by atoms with Crippen molar-refractivity contribution in [3.8, 4) is 0 Å². The lowest BCUT2D eigenvalue weighted by Gasteiger charge is -2.20. The molecule has 0 atom stereocenters. The van der Waals surface area contributed by atoms with Gasteiger partial charge in [-0.1, -0.05) is 36.0 Å². The normalized spacial score (nSPS) is 18.0. The van der Waals surface area contributed by atoms with Gasteiger partial charge in [0.05, 0.1) is 5.69 Å². The van der Waals surface area contributed by atoms with Crippen LogP contribution < -0.4 is 4.72 Å². The van der Waals surface area contributed by atoms with Crippen LogP contribution in [0.4, 0.5) is 5.69 Å². The smallest absolute Gasteiger partial charge is 0.271 e. The highest BCUT2D eigenvalue weighted by Gasteiger charge is 2.22. The van der Waals surface area contributed by atoms with Crippen LogP contribution in [0, 0.1) is 0 Å². The van der Waals surface area contributed by atoms with Gasteiger partial charge in [0.2, 0.25) is 0 Å². The van der Waals surface area contributed by atoms with Crippen molar-refractivity contribution < 1.29 is 8.42 Å². The quantitative estimate of drug-likeness (QED) is 0.925. The van der Waals surface area contributed by atoms with Crippen LogP contribution in [0.5, 0.6) is 0 Å². The van der Waals surface area contributed by atoms with Gasteiger partial charge in [-0.2, -0.15) is 12.7 Å². The number of hydrogen-bond acceptors (Lipinski definition) is 2. The Morgan fingerprint density at radius 1 is 0.947 bits per heavy atom. The summed E-state index contributed by atoms with van der Waals surface area (Å²) in [5.74, 6) is 0. The van der Waals surface area contributed by atoms with Crippen LogP contribution in [0.15, 0.2) is 18.2 Å². The van der Waals surface area contributed by atoms with Gasteiger partial charge in [-0.05, 0) is 31.0 Å². The number of rotatable bonds is 3. The molecule has 1 saturated heterocycles. The number of hydrogen-bond donors (Lipinski definition) is 1. The van der Waals surface area contributed by atoms with Gasteiger partial charge in [0.15, 0.2) is 0 Å². The summed E-state index contributed by atoms with van der Waals surface area (Å²) in [6.45, 7) is 1.12. The van der Waals surface area contributed by atoms with Crippen molar-refractivity contribution in [3.05, 3.63) is 28.2 Å². The van der Waals surface area contributed by atoms with E-state index < -0.39 is 10.2 Å². The standard InChI is InChI=1S/C12H16Cl2N2O2S/c13-10-7-11(14)9-12(8-10)15-19(17,18)16-5-3-1-2-4-6-16/h7-9,15H,1-6H2. The third kappa shape index (κ3) is 4.24. The van der Waals surface area contributed by atoms with Gasteiger partial charge in [0, 0.05) is 23.1 Å². The predicted molar refractivity (Wildman–Crippen MR) is 79.0 cm³/mol. The molecule has 1 aliphatic rings. The first-order valence-corrected chi connectivity index (χ1v) is 8.41. The molecule has 2 rings (SSSR count). The fourth-order valence-corrected chi connectivity index (χ4v) is 3.92. The molecule has 1 N–H and O–H groups in total. The molecule has 1 aliphatic heterocycles. The molecule has 1 aromatic carbocycles. The topological polar surface area (TPSA) is 49.4 Å². The number of halogens is 2. The summed E-state index contributed by atoms with van der Waals surface area (Å²) in [6, 6.07) is 4.65. The predicted octanol–water partition coefficient (Wildman–Crippen LogP) is 3.53. The molecule has 1 fully saturated rings. The molecule has 7 heteroatoms. The largest absolute Gasteiger partial charge is 0.301 e. The molecule has 0 aliphatic carbocycles. The lowest BCUT2D eigenvalue weighted by Crippen LogP contribution is -2.36. The number of benzene rings is 1. The van der Waals surface area contributed by atoms with E-state index in [0.29, 0.717) is 28.8 Å². The molecule has 19 heavy (non-hydrogen) atoms. The van der Waals surface area contributed by atoms with Gasteiger partial charge in [-0.15, -0.1) is 0 Å². The summed E-state index contributed by atoms with van der Waals surface area (Å²) in [5, 5.41) is 0.808. The van der Waals surface area contributed by atoms with Gasteiger partial charge < -0.3 is 0 Å². The highest BCUT2D eigenvalue weighted by atomic mass is 35.5. The van der Waals surface area contributed by atoms with E-state index in [0.717, 1.165) is 25.7 Å². The Morgan fingerprint density at radius 2 is 1.47 bits per heavy atom. The van der Waals surface area contributed by atoms with Crippen molar-refractivity contribution in [2.45, 2.75) is 25.7 Å². The summed E-state index contributed by atoms with van der Waals surface area (Å²) in [5.41, 5.74) is 0.391. The maximum Gasteiger partial charge on any atom is 0.301 e. The summed E-state index contributed by atoms with van der Waals surface area (Å²) >= 11 is 11.7.